The second-order valence-electron chi connectivity index (χ2n) is 7.61. The topological polar surface area (TPSA) is 48.5 Å². The Bertz CT molecular complexity index is 1080. The molecule has 4 rings (SSSR count). The lowest BCUT2D eigenvalue weighted by Gasteiger charge is -2.23. The predicted octanol–water partition coefficient (Wildman–Crippen LogP) is 5.93. The van der Waals surface area contributed by atoms with E-state index in [0.29, 0.717) is 5.96 Å². The fraction of sp³-hybridized carbons (Fsp3) is 0.208. The van der Waals surface area contributed by atoms with Crippen molar-refractivity contribution >= 4 is 23.0 Å². The van der Waals surface area contributed by atoms with Gasteiger partial charge in [0.05, 0.1) is 11.4 Å². The standard InChI is InChI=1S/C24H26N4/c1-14-9-10-15(2)20(11-14)25-24-26-23-18(5)12-19(13-21(23)27-28-24)22-16(3)7-6-8-17(22)4/h6-13,27H,1-5H3,(H2,25,26,28). The normalized spacial score (nSPS) is 12.5. The Balaban J connectivity index is 1.71. The first-order valence-corrected chi connectivity index (χ1v) is 9.58. The number of aliphatic imine (C=N–C) groups is 1. The smallest absolute Gasteiger partial charge is 0.220 e. The number of anilines is 2. The van der Waals surface area contributed by atoms with E-state index in [2.05, 4.69) is 99.3 Å². The Kier molecular flexibility index (Phi) is 4.55. The van der Waals surface area contributed by atoms with Gasteiger partial charge in [-0.05, 0) is 91.8 Å². The van der Waals surface area contributed by atoms with Crippen LogP contribution < -0.4 is 16.2 Å². The van der Waals surface area contributed by atoms with Gasteiger partial charge in [0.1, 0.15) is 0 Å². The molecule has 3 aromatic carbocycles. The van der Waals surface area contributed by atoms with Gasteiger partial charge < -0.3 is 5.32 Å². The molecule has 142 valence electrons. The lowest BCUT2D eigenvalue weighted by molar-refractivity contribution is 1.07. The summed E-state index contributed by atoms with van der Waals surface area (Å²) in [6, 6.07) is 17.2. The Hall–Kier alpha value is -3.27. The molecule has 0 atom stereocenters. The zero-order valence-corrected chi connectivity index (χ0v) is 17.1. The zero-order chi connectivity index (χ0) is 19.8. The summed E-state index contributed by atoms with van der Waals surface area (Å²) < 4.78 is 0. The lowest BCUT2D eigenvalue weighted by Crippen LogP contribution is -2.37. The molecule has 4 heteroatoms. The minimum absolute atomic E-state index is 0.698. The van der Waals surface area contributed by atoms with E-state index in [1.165, 1.54) is 33.4 Å². The van der Waals surface area contributed by atoms with Crippen molar-refractivity contribution < 1.29 is 0 Å². The Labute approximate surface area is 166 Å². The fourth-order valence-electron chi connectivity index (χ4n) is 3.76. The Morgan fingerprint density at radius 2 is 1.50 bits per heavy atom. The van der Waals surface area contributed by atoms with Gasteiger partial charge in [0.2, 0.25) is 5.96 Å². The summed E-state index contributed by atoms with van der Waals surface area (Å²) in [5.74, 6) is 0.698. The summed E-state index contributed by atoms with van der Waals surface area (Å²) in [7, 11) is 0. The predicted molar refractivity (Wildman–Crippen MR) is 119 cm³/mol. The van der Waals surface area contributed by atoms with Crippen LogP contribution in [-0.4, -0.2) is 5.96 Å². The van der Waals surface area contributed by atoms with Crippen molar-refractivity contribution in [3.05, 3.63) is 76.3 Å². The summed E-state index contributed by atoms with van der Waals surface area (Å²) >= 11 is 0. The van der Waals surface area contributed by atoms with Gasteiger partial charge in [-0.25, -0.2) is 4.99 Å². The molecule has 0 unspecified atom stereocenters. The number of aryl methyl sites for hydroxylation is 5. The highest BCUT2D eigenvalue weighted by Crippen LogP contribution is 2.37. The molecule has 0 spiro atoms. The van der Waals surface area contributed by atoms with E-state index >= 15 is 0 Å². The zero-order valence-electron chi connectivity index (χ0n) is 17.1. The fourth-order valence-corrected chi connectivity index (χ4v) is 3.76. The largest absolute Gasteiger partial charge is 0.324 e. The number of hydrogen-bond acceptors (Lipinski definition) is 4. The van der Waals surface area contributed by atoms with Gasteiger partial charge in [0, 0.05) is 5.69 Å². The maximum absolute atomic E-state index is 4.82. The number of fused-ring (bicyclic) bond motifs is 1. The van der Waals surface area contributed by atoms with Crippen molar-refractivity contribution in [1.82, 2.24) is 5.43 Å². The van der Waals surface area contributed by atoms with Crippen LogP contribution >= 0.6 is 0 Å². The van der Waals surface area contributed by atoms with Crippen LogP contribution in [0.3, 0.4) is 0 Å². The minimum atomic E-state index is 0.698. The van der Waals surface area contributed by atoms with Crippen molar-refractivity contribution in [1.29, 1.82) is 0 Å². The summed E-state index contributed by atoms with van der Waals surface area (Å²) in [4.78, 5) is 4.82. The van der Waals surface area contributed by atoms with Crippen molar-refractivity contribution in [2.75, 3.05) is 10.7 Å². The molecule has 0 bridgehead atoms. The highest BCUT2D eigenvalue weighted by molar-refractivity contribution is 6.00. The number of hydrogen-bond donors (Lipinski definition) is 3. The molecule has 1 heterocycles. The lowest BCUT2D eigenvalue weighted by atomic mass is 9.93. The minimum Gasteiger partial charge on any atom is -0.324 e. The van der Waals surface area contributed by atoms with Crippen molar-refractivity contribution in [2.24, 2.45) is 4.99 Å². The van der Waals surface area contributed by atoms with E-state index in [-0.39, 0.29) is 0 Å². The molecule has 0 amide bonds. The molecule has 0 aromatic heterocycles. The van der Waals surface area contributed by atoms with E-state index in [1.54, 1.807) is 0 Å². The van der Waals surface area contributed by atoms with Gasteiger partial charge >= 0.3 is 0 Å². The van der Waals surface area contributed by atoms with Crippen LogP contribution in [0, 0.1) is 34.6 Å². The van der Waals surface area contributed by atoms with Crippen LogP contribution in [0.2, 0.25) is 0 Å². The average molecular weight is 371 g/mol. The van der Waals surface area contributed by atoms with Crippen molar-refractivity contribution in [3.63, 3.8) is 0 Å². The van der Waals surface area contributed by atoms with Crippen LogP contribution in [-0.2, 0) is 0 Å². The van der Waals surface area contributed by atoms with E-state index in [0.717, 1.165) is 22.6 Å². The highest BCUT2D eigenvalue weighted by atomic mass is 15.5. The average Bonchev–Trinajstić information content (AvgIpc) is 2.65. The van der Waals surface area contributed by atoms with Crippen LogP contribution in [0.1, 0.15) is 27.8 Å². The second-order valence-corrected chi connectivity index (χ2v) is 7.61. The van der Waals surface area contributed by atoms with Gasteiger partial charge in [0.25, 0.3) is 0 Å². The number of rotatable bonds is 2. The van der Waals surface area contributed by atoms with Crippen LogP contribution in [0.5, 0.6) is 0 Å². The second kappa shape index (κ2) is 7.04. The molecule has 1 aliphatic heterocycles. The van der Waals surface area contributed by atoms with E-state index in [9.17, 15) is 0 Å². The Morgan fingerprint density at radius 1 is 0.750 bits per heavy atom. The molecule has 0 saturated carbocycles. The number of guanidine groups is 1. The SMILES string of the molecule is Cc1ccc(C)c(NC2=Nc3c(C)cc(-c4c(C)cccc4C)cc3NN2)c1. The van der Waals surface area contributed by atoms with Gasteiger partial charge in [-0.3, -0.25) is 10.9 Å². The first-order chi connectivity index (χ1) is 13.4. The van der Waals surface area contributed by atoms with Crippen LogP contribution in [0.4, 0.5) is 17.1 Å². The number of nitrogens with one attached hydrogen (secondary N) is 3. The van der Waals surface area contributed by atoms with Gasteiger partial charge in [0.15, 0.2) is 0 Å². The van der Waals surface area contributed by atoms with Crippen molar-refractivity contribution in [3.8, 4) is 11.1 Å². The number of nitrogens with zero attached hydrogens (tertiary/aromatic N) is 1. The van der Waals surface area contributed by atoms with E-state index in [1.807, 2.05) is 0 Å². The molecule has 0 aliphatic carbocycles. The quantitative estimate of drug-likeness (QED) is 0.524. The third-order valence-electron chi connectivity index (χ3n) is 5.26. The molecular formula is C24H26N4. The summed E-state index contributed by atoms with van der Waals surface area (Å²) in [6.45, 7) is 10.6. The maximum atomic E-state index is 4.82. The molecule has 1 aliphatic rings. The first kappa shape index (κ1) is 18.1. The monoisotopic (exact) mass is 370 g/mol. The third-order valence-corrected chi connectivity index (χ3v) is 5.26. The molecular weight excluding hydrogens is 344 g/mol. The molecule has 28 heavy (non-hydrogen) atoms. The third kappa shape index (κ3) is 3.33. The van der Waals surface area contributed by atoms with E-state index in [4.69, 9.17) is 4.99 Å². The molecule has 0 radical (unpaired) electrons. The summed E-state index contributed by atoms with van der Waals surface area (Å²) in [5, 5.41) is 3.40. The number of benzene rings is 3. The van der Waals surface area contributed by atoms with Crippen molar-refractivity contribution in [2.45, 2.75) is 34.6 Å². The van der Waals surface area contributed by atoms with Gasteiger partial charge in [-0.15, -0.1) is 0 Å². The highest BCUT2D eigenvalue weighted by Gasteiger charge is 2.17. The number of hydrazine groups is 1. The van der Waals surface area contributed by atoms with Crippen LogP contribution in [0.25, 0.3) is 11.1 Å². The molecule has 4 nitrogen and oxygen atoms in total. The Morgan fingerprint density at radius 3 is 2.25 bits per heavy atom. The van der Waals surface area contributed by atoms with Crippen LogP contribution in [0.15, 0.2) is 53.5 Å². The summed E-state index contributed by atoms with van der Waals surface area (Å²) in [6.07, 6.45) is 0. The maximum Gasteiger partial charge on any atom is 0.220 e. The first-order valence-electron chi connectivity index (χ1n) is 9.58. The van der Waals surface area contributed by atoms with Gasteiger partial charge in [-0.2, -0.15) is 0 Å². The molecule has 0 fully saturated rings. The summed E-state index contributed by atoms with van der Waals surface area (Å²) in [5.41, 5.74) is 18.1. The van der Waals surface area contributed by atoms with Gasteiger partial charge in [-0.1, -0.05) is 30.3 Å². The molecule has 3 aromatic rings. The molecule has 3 N–H and O–H groups in total. The van der Waals surface area contributed by atoms with E-state index < -0.39 is 0 Å². The molecule has 0 saturated heterocycles.